The lowest BCUT2D eigenvalue weighted by molar-refractivity contribution is 0.0684. The van der Waals surface area contributed by atoms with Gasteiger partial charge in [0.15, 0.2) is 0 Å². The summed E-state index contributed by atoms with van der Waals surface area (Å²) in [5, 5.41) is 27.7. The molecule has 3 aromatic rings. The van der Waals surface area contributed by atoms with Gasteiger partial charge < -0.3 is 26.8 Å². The van der Waals surface area contributed by atoms with E-state index in [1.807, 2.05) is 0 Å². The van der Waals surface area contributed by atoms with E-state index in [1.54, 1.807) is 0 Å². The van der Waals surface area contributed by atoms with Crippen LogP contribution in [-0.4, -0.2) is 45.0 Å². The second kappa shape index (κ2) is 7.59. The third-order valence-corrected chi connectivity index (χ3v) is 4.68. The molecule has 0 unspecified atom stereocenters. The van der Waals surface area contributed by atoms with Crippen LogP contribution in [0.3, 0.4) is 0 Å². The molecule has 0 heterocycles. The van der Waals surface area contributed by atoms with Gasteiger partial charge in [0.2, 0.25) is 11.8 Å². The van der Waals surface area contributed by atoms with Crippen LogP contribution in [0.1, 0.15) is 51.8 Å². The van der Waals surface area contributed by atoms with Crippen molar-refractivity contribution < 1.29 is 39.3 Å². The first kappa shape index (κ1) is 21.0. The minimum absolute atomic E-state index is 0.0676. The van der Waals surface area contributed by atoms with Crippen molar-refractivity contribution in [2.45, 2.75) is 0 Å². The molecule has 10 nitrogen and oxygen atoms in total. The predicted octanol–water partition coefficient (Wildman–Crippen LogP) is 1.80. The summed E-state index contributed by atoms with van der Waals surface area (Å²) in [5.41, 5.74) is 9.20. The van der Waals surface area contributed by atoms with Crippen molar-refractivity contribution in [3.63, 3.8) is 0 Å². The monoisotopic (exact) mass is 422 g/mol. The number of amides is 2. The van der Waals surface area contributed by atoms with Crippen molar-refractivity contribution in [2.75, 3.05) is 0 Å². The maximum Gasteiger partial charge on any atom is 0.336 e. The second-order valence-electron chi connectivity index (χ2n) is 6.48. The smallest absolute Gasteiger partial charge is 0.336 e. The topological polar surface area (TPSA) is 198 Å². The third kappa shape index (κ3) is 3.53. The third-order valence-electron chi connectivity index (χ3n) is 4.68. The Hall–Kier alpha value is -4.73. The maximum atomic E-state index is 12.4. The molecule has 0 saturated heterocycles. The van der Waals surface area contributed by atoms with Gasteiger partial charge in [-0.2, -0.15) is 0 Å². The number of fused-ring (bicyclic) bond motifs is 1. The fraction of sp³-hybridized carbons (Fsp3) is 0. The average molecular weight is 422 g/mol. The van der Waals surface area contributed by atoms with Crippen molar-refractivity contribution in [3.05, 3.63) is 70.3 Å². The molecule has 0 saturated carbocycles. The first-order valence-corrected chi connectivity index (χ1v) is 8.58. The number of primary amides is 2. The van der Waals surface area contributed by atoms with Gasteiger partial charge in [0.25, 0.3) is 0 Å². The molecule has 0 atom stereocenters. The summed E-state index contributed by atoms with van der Waals surface area (Å²) in [5.74, 6) is -6.45. The fourth-order valence-electron chi connectivity index (χ4n) is 3.42. The Bertz CT molecular complexity index is 1330. The molecular formula is C21H14N2O8. The quantitative estimate of drug-likeness (QED) is 0.396. The van der Waals surface area contributed by atoms with Crippen molar-refractivity contribution >= 4 is 40.5 Å². The summed E-state index contributed by atoms with van der Waals surface area (Å²) >= 11 is 0. The number of rotatable bonds is 6. The normalized spacial score (nSPS) is 10.6. The van der Waals surface area contributed by atoms with Crippen LogP contribution in [-0.2, 0) is 0 Å². The van der Waals surface area contributed by atoms with Crippen molar-refractivity contribution in [1.29, 1.82) is 0 Å². The molecule has 10 heteroatoms. The van der Waals surface area contributed by atoms with Crippen LogP contribution >= 0.6 is 0 Å². The Kier molecular flexibility index (Phi) is 5.14. The van der Waals surface area contributed by atoms with Crippen LogP contribution in [0.25, 0.3) is 21.9 Å². The summed E-state index contributed by atoms with van der Waals surface area (Å²) in [7, 11) is 0. The minimum Gasteiger partial charge on any atom is -0.478 e. The zero-order chi connectivity index (χ0) is 23.0. The number of hydrogen-bond donors (Lipinski definition) is 5. The van der Waals surface area contributed by atoms with Crippen molar-refractivity contribution in [2.24, 2.45) is 11.5 Å². The predicted molar refractivity (Wildman–Crippen MR) is 107 cm³/mol. The zero-order valence-corrected chi connectivity index (χ0v) is 15.6. The van der Waals surface area contributed by atoms with E-state index in [-0.39, 0.29) is 38.6 Å². The first-order chi connectivity index (χ1) is 14.5. The molecule has 3 rings (SSSR count). The fourth-order valence-corrected chi connectivity index (χ4v) is 3.42. The van der Waals surface area contributed by atoms with Gasteiger partial charge in [0, 0.05) is 16.3 Å². The van der Waals surface area contributed by atoms with E-state index in [2.05, 4.69) is 0 Å². The standard InChI is InChI=1S/C21H14N2O8/c22-17(24)13-7-12(8-2-1-3-9(6-8)19(26)27)16(18(23)25)15-11(21(30)31)5-4-10(14(13)15)20(28)29/h1-7H,(H2,22,24)(H2,23,25)(H,26,27)(H,28,29)(H,30,31). The van der Waals surface area contributed by atoms with E-state index in [9.17, 15) is 39.3 Å². The number of aromatic carboxylic acids is 3. The van der Waals surface area contributed by atoms with Crippen LogP contribution in [0, 0.1) is 0 Å². The number of carbonyl (C=O) groups is 5. The van der Waals surface area contributed by atoms with Gasteiger partial charge in [-0.3, -0.25) is 9.59 Å². The van der Waals surface area contributed by atoms with E-state index in [0.717, 1.165) is 18.2 Å². The van der Waals surface area contributed by atoms with Crippen molar-refractivity contribution in [1.82, 2.24) is 0 Å². The first-order valence-electron chi connectivity index (χ1n) is 8.58. The Balaban J connectivity index is 2.65. The SMILES string of the molecule is NC(=O)c1cc(-c2cccc(C(=O)O)c2)c(C(N)=O)c2c(C(=O)O)ccc(C(=O)O)c12. The highest BCUT2D eigenvalue weighted by molar-refractivity contribution is 6.25. The molecule has 3 aromatic carbocycles. The highest BCUT2D eigenvalue weighted by Gasteiger charge is 2.27. The Labute approximate surface area is 173 Å². The minimum atomic E-state index is -1.50. The summed E-state index contributed by atoms with van der Waals surface area (Å²) in [6.45, 7) is 0. The molecule has 31 heavy (non-hydrogen) atoms. The maximum absolute atomic E-state index is 12.4. The van der Waals surface area contributed by atoms with Gasteiger partial charge >= 0.3 is 17.9 Å². The van der Waals surface area contributed by atoms with Gasteiger partial charge in [-0.05, 0) is 41.5 Å². The number of carboxylic acids is 3. The van der Waals surface area contributed by atoms with Crippen molar-refractivity contribution in [3.8, 4) is 11.1 Å². The lowest BCUT2D eigenvalue weighted by Crippen LogP contribution is -2.20. The molecule has 2 amide bonds. The molecular weight excluding hydrogens is 408 g/mol. The number of carbonyl (C=O) groups excluding carboxylic acids is 2. The van der Waals surface area contributed by atoms with Crippen LogP contribution in [0.2, 0.25) is 0 Å². The van der Waals surface area contributed by atoms with Gasteiger partial charge in [-0.25, -0.2) is 14.4 Å². The molecule has 0 aliphatic carbocycles. The van der Waals surface area contributed by atoms with E-state index in [1.165, 1.54) is 24.3 Å². The molecule has 0 fully saturated rings. The van der Waals surface area contributed by atoms with E-state index in [4.69, 9.17) is 11.5 Å². The molecule has 156 valence electrons. The molecule has 0 spiro atoms. The molecule has 0 aliphatic heterocycles. The van der Waals surface area contributed by atoms with E-state index in [0.29, 0.717) is 0 Å². The molecule has 0 aromatic heterocycles. The van der Waals surface area contributed by atoms with Crippen LogP contribution in [0.4, 0.5) is 0 Å². The lowest BCUT2D eigenvalue weighted by atomic mass is 9.85. The van der Waals surface area contributed by atoms with E-state index < -0.39 is 40.8 Å². The zero-order valence-electron chi connectivity index (χ0n) is 15.6. The second-order valence-corrected chi connectivity index (χ2v) is 6.48. The number of hydrogen-bond acceptors (Lipinski definition) is 5. The largest absolute Gasteiger partial charge is 0.478 e. The summed E-state index contributed by atoms with van der Waals surface area (Å²) in [4.78, 5) is 59.5. The molecule has 0 radical (unpaired) electrons. The van der Waals surface area contributed by atoms with Gasteiger partial charge in [0.1, 0.15) is 0 Å². The van der Waals surface area contributed by atoms with Crippen LogP contribution in [0.5, 0.6) is 0 Å². The highest BCUT2D eigenvalue weighted by Crippen LogP contribution is 2.37. The molecule has 7 N–H and O–H groups in total. The lowest BCUT2D eigenvalue weighted by Gasteiger charge is -2.17. The Morgan fingerprint density at radius 1 is 0.645 bits per heavy atom. The number of carboxylic acid groups (broad SMARTS) is 3. The summed E-state index contributed by atoms with van der Waals surface area (Å²) in [6, 6.07) is 8.34. The Morgan fingerprint density at radius 2 is 1.23 bits per heavy atom. The van der Waals surface area contributed by atoms with Gasteiger partial charge in [-0.15, -0.1) is 0 Å². The van der Waals surface area contributed by atoms with E-state index >= 15 is 0 Å². The molecule has 0 bridgehead atoms. The van der Waals surface area contributed by atoms with Crippen LogP contribution < -0.4 is 11.5 Å². The summed E-state index contributed by atoms with van der Waals surface area (Å²) in [6.07, 6.45) is 0. The molecule has 0 aliphatic rings. The Morgan fingerprint density at radius 3 is 1.71 bits per heavy atom. The summed E-state index contributed by atoms with van der Waals surface area (Å²) < 4.78 is 0. The number of benzene rings is 3. The van der Waals surface area contributed by atoms with Gasteiger partial charge in [-0.1, -0.05) is 12.1 Å². The number of nitrogens with two attached hydrogens (primary N) is 2. The highest BCUT2D eigenvalue weighted by atomic mass is 16.4. The van der Waals surface area contributed by atoms with Gasteiger partial charge in [0.05, 0.1) is 22.3 Å². The van der Waals surface area contributed by atoms with Crippen LogP contribution in [0.15, 0.2) is 42.5 Å². The average Bonchev–Trinajstić information content (AvgIpc) is 2.70.